The van der Waals surface area contributed by atoms with Crippen molar-refractivity contribution in [1.29, 1.82) is 0 Å². The average Bonchev–Trinajstić information content (AvgIpc) is 2.85. The smallest absolute Gasteiger partial charge is 0.253 e. The predicted molar refractivity (Wildman–Crippen MR) is 79.4 cm³/mol. The van der Waals surface area contributed by atoms with Crippen molar-refractivity contribution in [1.82, 2.24) is 5.32 Å². The zero-order chi connectivity index (χ0) is 13.1. The van der Waals surface area contributed by atoms with Crippen molar-refractivity contribution in [3.8, 4) is 0 Å². The molecule has 1 heterocycles. The number of rotatable bonds is 3. The SMILES string of the molecule is CC(NC(=O)c1cc(Br)ccc1Cl)c1ccsc1. The summed E-state index contributed by atoms with van der Waals surface area (Å²) in [5.74, 6) is -0.167. The van der Waals surface area contributed by atoms with E-state index in [0.29, 0.717) is 10.6 Å². The maximum Gasteiger partial charge on any atom is 0.253 e. The summed E-state index contributed by atoms with van der Waals surface area (Å²) in [6, 6.07) is 7.20. The molecule has 1 aromatic carbocycles. The molecule has 5 heteroatoms. The standard InChI is InChI=1S/C13H11BrClNOS/c1-8(9-4-5-18-7-9)16-13(17)11-6-10(14)2-3-12(11)15/h2-8H,1H3,(H,16,17). The van der Waals surface area contributed by atoms with Crippen molar-refractivity contribution in [2.24, 2.45) is 0 Å². The quantitative estimate of drug-likeness (QED) is 0.862. The van der Waals surface area contributed by atoms with Crippen LogP contribution in [0.15, 0.2) is 39.5 Å². The molecule has 2 aromatic rings. The first kappa shape index (κ1) is 13.6. The van der Waals surface area contributed by atoms with Crippen molar-refractivity contribution in [3.05, 3.63) is 55.6 Å². The van der Waals surface area contributed by atoms with Gasteiger partial charge in [0.05, 0.1) is 16.6 Å². The van der Waals surface area contributed by atoms with E-state index in [0.717, 1.165) is 10.0 Å². The molecule has 94 valence electrons. The molecule has 18 heavy (non-hydrogen) atoms. The molecule has 0 aliphatic heterocycles. The Morgan fingerprint density at radius 2 is 2.22 bits per heavy atom. The molecule has 1 N–H and O–H groups in total. The maximum atomic E-state index is 12.1. The summed E-state index contributed by atoms with van der Waals surface area (Å²) >= 11 is 11.0. The molecule has 0 spiro atoms. The van der Waals surface area contributed by atoms with Crippen LogP contribution in [0.3, 0.4) is 0 Å². The molecule has 2 rings (SSSR count). The van der Waals surface area contributed by atoms with E-state index < -0.39 is 0 Å². The predicted octanol–water partition coefficient (Wildman–Crippen LogP) is 4.66. The topological polar surface area (TPSA) is 29.1 Å². The molecule has 0 aliphatic carbocycles. The Labute approximate surface area is 123 Å². The molecule has 0 fully saturated rings. The van der Waals surface area contributed by atoms with Crippen LogP contribution in [-0.2, 0) is 0 Å². The Hall–Kier alpha value is -0.840. The van der Waals surface area contributed by atoms with Crippen LogP contribution in [0.5, 0.6) is 0 Å². The Morgan fingerprint density at radius 3 is 2.89 bits per heavy atom. The molecule has 0 aliphatic rings. The molecule has 1 unspecified atom stereocenters. The molecule has 0 radical (unpaired) electrons. The van der Waals surface area contributed by atoms with E-state index in [1.807, 2.05) is 23.8 Å². The van der Waals surface area contributed by atoms with Gasteiger partial charge in [0.1, 0.15) is 0 Å². The summed E-state index contributed by atoms with van der Waals surface area (Å²) in [6.45, 7) is 1.95. The lowest BCUT2D eigenvalue weighted by molar-refractivity contribution is 0.0940. The largest absolute Gasteiger partial charge is 0.345 e. The minimum Gasteiger partial charge on any atom is -0.345 e. The lowest BCUT2D eigenvalue weighted by atomic mass is 10.1. The minimum atomic E-state index is -0.167. The Kier molecular flexibility index (Phi) is 4.43. The summed E-state index contributed by atoms with van der Waals surface area (Å²) in [7, 11) is 0. The van der Waals surface area contributed by atoms with Gasteiger partial charge in [-0.3, -0.25) is 4.79 Å². The highest BCUT2D eigenvalue weighted by molar-refractivity contribution is 9.10. The second-order valence-corrected chi connectivity index (χ2v) is 5.98. The second kappa shape index (κ2) is 5.87. The zero-order valence-electron chi connectivity index (χ0n) is 9.61. The first-order valence-electron chi connectivity index (χ1n) is 5.36. The molecule has 0 bridgehead atoms. The van der Waals surface area contributed by atoms with Crippen LogP contribution in [0, 0.1) is 0 Å². The van der Waals surface area contributed by atoms with Gasteiger partial charge in [-0.2, -0.15) is 11.3 Å². The van der Waals surface area contributed by atoms with Crippen LogP contribution in [0.1, 0.15) is 28.9 Å². The van der Waals surface area contributed by atoms with Crippen molar-refractivity contribution in [2.45, 2.75) is 13.0 Å². The molecule has 2 nitrogen and oxygen atoms in total. The summed E-state index contributed by atoms with van der Waals surface area (Å²) in [4.78, 5) is 12.1. The lowest BCUT2D eigenvalue weighted by Crippen LogP contribution is -2.26. The zero-order valence-corrected chi connectivity index (χ0v) is 12.8. The van der Waals surface area contributed by atoms with Gasteiger partial charge in [0.25, 0.3) is 5.91 Å². The van der Waals surface area contributed by atoms with Crippen molar-refractivity contribution >= 4 is 44.8 Å². The van der Waals surface area contributed by atoms with Crippen LogP contribution in [0.2, 0.25) is 5.02 Å². The Morgan fingerprint density at radius 1 is 1.44 bits per heavy atom. The number of thiophene rings is 1. The van der Waals surface area contributed by atoms with E-state index in [2.05, 4.69) is 21.2 Å². The van der Waals surface area contributed by atoms with Crippen LogP contribution in [0.25, 0.3) is 0 Å². The first-order chi connectivity index (χ1) is 8.58. The summed E-state index contributed by atoms with van der Waals surface area (Å²) in [5.41, 5.74) is 1.58. The number of hydrogen-bond acceptors (Lipinski definition) is 2. The Balaban J connectivity index is 2.15. The van der Waals surface area contributed by atoms with Gasteiger partial charge in [0, 0.05) is 4.47 Å². The molecular formula is C13H11BrClNOS. The fourth-order valence-corrected chi connectivity index (χ4v) is 2.87. The number of hydrogen-bond donors (Lipinski definition) is 1. The fourth-order valence-electron chi connectivity index (χ4n) is 1.55. The van der Waals surface area contributed by atoms with E-state index in [-0.39, 0.29) is 11.9 Å². The van der Waals surface area contributed by atoms with Crippen LogP contribution in [-0.4, -0.2) is 5.91 Å². The van der Waals surface area contributed by atoms with Crippen LogP contribution >= 0.6 is 38.9 Å². The van der Waals surface area contributed by atoms with Gasteiger partial charge in [-0.05, 0) is 47.5 Å². The highest BCUT2D eigenvalue weighted by Gasteiger charge is 2.14. The van der Waals surface area contributed by atoms with E-state index in [4.69, 9.17) is 11.6 Å². The number of halogens is 2. The number of carbonyl (C=O) groups excluding carboxylic acids is 1. The summed E-state index contributed by atoms with van der Waals surface area (Å²) < 4.78 is 0.834. The molecule has 0 saturated carbocycles. The van der Waals surface area contributed by atoms with Crippen molar-refractivity contribution < 1.29 is 4.79 Å². The molecule has 1 atom stereocenters. The summed E-state index contributed by atoms with van der Waals surface area (Å²) in [6.07, 6.45) is 0. The van der Waals surface area contributed by atoms with Gasteiger partial charge in [0.2, 0.25) is 0 Å². The van der Waals surface area contributed by atoms with Gasteiger partial charge in [-0.25, -0.2) is 0 Å². The Bertz CT molecular complexity index is 556. The third-order valence-electron chi connectivity index (χ3n) is 2.56. The lowest BCUT2D eigenvalue weighted by Gasteiger charge is -2.13. The maximum absolute atomic E-state index is 12.1. The number of carbonyl (C=O) groups is 1. The van der Waals surface area contributed by atoms with Gasteiger partial charge < -0.3 is 5.32 Å². The number of nitrogens with one attached hydrogen (secondary N) is 1. The van der Waals surface area contributed by atoms with E-state index >= 15 is 0 Å². The fraction of sp³-hybridized carbons (Fsp3) is 0.154. The highest BCUT2D eigenvalue weighted by atomic mass is 79.9. The van der Waals surface area contributed by atoms with Gasteiger partial charge in [-0.15, -0.1) is 0 Å². The normalized spacial score (nSPS) is 12.2. The van der Waals surface area contributed by atoms with Crippen LogP contribution < -0.4 is 5.32 Å². The molecule has 0 saturated heterocycles. The van der Waals surface area contributed by atoms with Crippen molar-refractivity contribution in [2.75, 3.05) is 0 Å². The number of benzene rings is 1. The molecule has 1 amide bonds. The van der Waals surface area contributed by atoms with E-state index in [1.165, 1.54) is 0 Å². The minimum absolute atomic E-state index is 0.0289. The van der Waals surface area contributed by atoms with Gasteiger partial charge in [-0.1, -0.05) is 27.5 Å². The first-order valence-corrected chi connectivity index (χ1v) is 7.47. The van der Waals surface area contributed by atoms with E-state index in [9.17, 15) is 4.79 Å². The third-order valence-corrected chi connectivity index (χ3v) is 4.09. The highest BCUT2D eigenvalue weighted by Crippen LogP contribution is 2.22. The second-order valence-electron chi connectivity index (χ2n) is 3.88. The molecular weight excluding hydrogens is 334 g/mol. The average molecular weight is 345 g/mol. The van der Waals surface area contributed by atoms with E-state index in [1.54, 1.807) is 29.5 Å². The van der Waals surface area contributed by atoms with Crippen molar-refractivity contribution in [3.63, 3.8) is 0 Å². The van der Waals surface area contributed by atoms with Crippen LogP contribution in [0.4, 0.5) is 0 Å². The number of amides is 1. The molecule has 1 aromatic heterocycles. The van der Waals surface area contributed by atoms with Gasteiger partial charge in [0.15, 0.2) is 0 Å². The summed E-state index contributed by atoms with van der Waals surface area (Å²) in [5, 5.41) is 7.39. The van der Waals surface area contributed by atoms with Gasteiger partial charge >= 0.3 is 0 Å². The monoisotopic (exact) mass is 343 g/mol. The third kappa shape index (κ3) is 3.13.